The molecule has 3 amide bonds. The van der Waals surface area contributed by atoms with Gasteiger partial charge in [0.25, 0.3) is 0 Å². The molecular weight excluding hydrogens is 470 g/mol. The smallest absolute Gasteiger partial charge is 0.408 e. The minimum atomic E-state index is -1.07. The lowest BCUT2D eigenvalue weighted by molar-refractivity contribution is -0.144. The fourth-order valence-corrected chi connectivity index (χ4v) is 3.98. The highest BCUT2D eigenvalue weighted by Gasteiger charge is 2.39. The number of nitrogens with zero attached hydrogens (tertiary/aromatic N) is 1. The second-order valence-corrected chi connectivity index (χ2v) is 11.8. The number of rotatable bonds is 12. The first kappa shape index (κ1) is 32.3. The van der Waals surface area contributed by atoms with E-state index in [4.69, 9.17) is 4.74 Å². The van der Waals surface area contributed by atoms with Crippen molar-refractivity contribution >= 4 is 17.9 Å². The molecule has 8 heteroatoms. The zero-order chi connectivity index (χ0) is 28.4. The van der Waals surface area contributed by atoms with Crippen LogP contribution in [0.25, 0.3) is 0 Å². The number of alkyl carbamates (subject to hydrolysis) is 1. The van der Waals surface area contributed by atoms with Gasteiger partial charge in [0.15, 0.2) is 0 Å². The van der Waals surface area contributed by atoms with Crippen LogP contribution in [0.1, 0.15) is 106 Å². The third-order valence-corrected chi connectivity index (χ3v) is 5.98. The fourth-order valence-electron chi connectivity index (χ4n) is 3.98. The predicted octanol–water partition coefficient (Wildman–Crippen LogP) is 5.70. The van der Waals surface area contributed by atoms with Gasteiger partial charge in [-0.1, -0.05) is 64.7 Å². The zero-order valence-corrected chi connectivity index (χ0v) is 24.3. The quantitative estimate of drug-likeness (QED) is 0.307. The zero-order valence-electron chi connectivity index (χ0n) is 24.3. The molecule has 210 valence electrons. The molecule has 3 atom stereocenters. The van der Waals surface area contributed by atoms with Crippen LogP contribution < -0.4 is 10.6 Å². The molecule has 0 heterocycles. The number of carbonyl (C=O) groups is 3. The lowest BCUT2D eigenvalue weighted by Crippen LogP contribution is -2.56. The van der Waals surface area contributed by atoms with Crippen molar-refractivity contribution < 1.29 is 24.2 Å². The minimum Gasteiger partial charge on any atom is -0.508 e. The second-order valence-electron chi connectivity index (χ2n) is 11.8. The van der Waals surface area contributed by atoms with E-state index in [0.717, 1.165) is 19.3 Å². The van der Waals surface area contributed by atoms with Gasteiger partial charge in [-0.2, -0.15) is 0 Å². The van der Waals surface area contributed by atoms with E-state index in [9.17, 15) is 19.5 Å². The van der Waals surface area contributed by atoms with Gasteiger partial charge in [-0.05, 0) is 59.9 Å². The molecule has 1 aromatic carbocycles. The van der Waals surface area contributed by atoms with Crippen LogP contribution in [-0.2, 0) is 14.3 Å². The third kappa shape index (κ3) is 11.0. The summed E-state index contributed by atoms with van der Waals surface area (Å²) in [6, 6.07) is 4.61. The number of amides is 3. The van der Waals surface area contributed by atoms with Crippen LogP contribution in [-0.4, -0.2) is 51.6 Å². The average Bonchev–Trinajstić information content (AvgIpc) is 2.77. The SMILES string of the molecule is CCCCCCN(C(=O)C(NC(=O)OC(C)(C)C)C(C)CC)C(C(=O)NC(C)(C)C)c1ccccc1O. The molecule has 1 rings (SSSR count). The van der Waals surface area contributed by atoms with Crippen LogP contribution in [0.4, 0.5) is 4.79 Å². The molecule has 3 unspecified atom stereocenters. The fraction of sp³-hybridized carbons (Fsp3) is 0.690. The minimum absolute atomic E-state index is 0.0666. The van der Waals surface area contributed by atoms with Gasteiger partial charge in [0.1, 0.15) is 23.4 Å². The van der Waals surface area contributed by atoms with Crippen molar-refractivity contribution in [3.05, 3.63) is 29.8 Å². The molecule has 0 saturated heterocycles. The van der Waals surface area contributed by atoms with E-state index in [0.29, 0.717) is 24.9 Å². The van der Waals surface area contributed by atoms with E-state index in [1.807, 2.05) is 34.6 Å². The number of ether oxygens (including phenoxy) is 1. The molecule has 8 nitrogen and oxygen atoms in total. The largest absolute Gasteiger partial charge is 0.508 e. The highest BCUT2D eigenvalue weighted by atomic mass is 16.6. The average molecular weight is 520 g/mol. The Bertz CT molecular complexity index is 888. The second kappa shape index (κ2) is 14.2. The normalized spacial score (nSPS) is 14.3. The van der Waals surface area contributed by atoms with Crippen LogP contribution in [0, 0.1) is 5.92 Å². The molecule has 0 spiro atoms. The van der Waals surface area contributed by atoms with Crippen LogP contribution >= 0.6 is 0 Å². The van der Waals surface area contributed by atoms with Gasteiger partial charge >= 0.3 is 6.09 Å². The van der Waals surface area contributed by atoms with E-state index < -0.39 is 35.2 Å². The number of carbonyl (C=O) groups excluding carboxylic acids is 3. The maximum Gasteiger partial charge on any atom is 0.408 e. The number of hydrogen-bond donors (Lipinski definition) is 3. The molecule has 0 bridgehead atoms. The highest BCUT2D eigenvalue weighted by Crippen LogP contribution is 2.31. The van der Waals surface area contributed by atoms with Crippen LogP contribution in [0.15, 0.2) is 24.3 Å². The molecule has 0 aliphatic carbocycles. The Balaban J connectivity index is 3.56. The standard InChI is InChI=1S/C29H49N3O5/c1-10-12-13-16-19-32(26(35)23(20(3)11-2)30-27(36)37-29(7,8)9)24(25(34)31-28(4,5)6)21-17-14-15-18-22(21)33/h14-15,17-18,20,23-24,33H,10-13,16,19H2,1-9H3,(H,30,36)(H,31,34). The molecular formula is C29H49N3O5. The Morgan fingerprint density at radius 2 is 1.62 bits per heavy atom. The van der Waals surface area contributed by atoms with E-state index in [1.165, 1.54) is 11.0 Å². The molecule has 0 saturated carbocycles. The summed E-state index contributed by atoms with van der Waals surface area (Å²) in [6.07, 6.45) is 3.55. The summed E-state index contributed by atoms with van der Waals surface area (Å²) in [5, 5.41) is 16.5. The number of phenolic OH excluding ortho intramolecular Hbond substituents is 1. The first-order chi connectivity index (χ1) is 17.1. The van der Waals surface area contributed by atoms with Crippen molar-refractivity contribution in [1.29, 1.82) is 0 Å². The maximum absolute atomic E-state index is 14.2. The number of hydrogen-bond acceptors (Lipinski definition) is 5. The Kier molecular flexibility index (Phi) is 12.4. The molecule has 0 fully saturated rings. The molecule has 0 radical (unpaired) electrons. The summed E-state index contributed by atoms with van der Waals surface area (Å²) < 4.78 is 5.44. The van der Waals surface area contributed by atoms with E-state index in [2.05, 4.69) is 17.6 Å². The van der Waals surface area contributed by atoms with Gasteiger partial charge in [0.05, 0.1) is 0 Å². The van der Waals surface area contributed by atoms with Crippen molar-refractivity contribution in [3.63, 3.8) is 0 Å². The number of unbranched alkanes of at least 4 members (excludes halogenated alkanes) is 3. The van der Waals surface area contributed by atoms with Crippen molar-refractivity contribution in [2.24, 2.45) is 5.92 Å². The van der Waals surface area contributed by atoms with E-state index in [-0.39, 0.29) is 17.6 Å². The molecule has 0 aliphatic rings. The summed E-state index contributed by atoms with van der Waals surface area (Å²) in [5.74, 6) is -1.05. The van der Waals surface area contributed by atoms with Crippen LogP contribution in [0.5, 0.6) is 5.75 Å². The van der Waals surface area contributed by atoms with Gasteiger partial charge in [-0.3, -0.25) is 9.59 Å². The van der Waals surface area contributed by atoms with Crippen molar-refractivity contribution in [3.8, 4) is 5.75 Å². The van der Waals surface area contributed by atoms with Crippen LogP contribution in [0.2, 0.25) is 0 Å². The summed E-state index contributed by atoms with van der Waals surface area (Å²) in [4.78, 5) is 42.1. The molecule has 0 aromatic heterocycles. The Morgan fingerprint density at radius 3 is 2.14 bits per heavy atom. The number of aromatic hydroxyl groups is 1. The van der Waals surface area contributed by atoms with Crippen molar-refractivity contribution in [2.45, 2.75) is 118 Å². The number of nitrogens with one attached hydrogen (secondary N) is 2. The van der Waals surface area contributed by atoms with Gasteiger partial charge < -0.3 is 25.4 Å². The molecule has 0 aliphatic heterocycles. The molecule has 37 heavy (non-hydrogen) atoms. The predicted molar refractivity (Wildman–Crippen MR) is 147 cm³/mol. The molecule has 1 aromatic rings. The first-order valence-electron chi connectivity index (χ1n) is 13.5. The summed E-state index contributed by atoms with van der Waals surface area (Å²) in [7, 11) is 0. The lowest BCUT2D eigenvalue weighted by Gasteiger charge is -2.37. The summed E-state index contributed by atoms with van der Waals surface area (Å²) in [6.45, 7) is 17.1. The monoisotopic (exact) mass is 519 g/mol. The highest BCUT2D eigenvalue weighted by molar-refractivity contribution is 5.93. The van der Waals surface area contributed by atoms with Gasteiger partial charge in [0, 0.05) is 17.6 Å². The molecule has 3 N–H and O–H groups in total. The topological polar surface area (TPSA) is 108 Å². The number of benzene rings is 1. The van der Waals surface area contributed by atoms with Crippen molar-refractivity contribution in [2.75, 3.05) is 6.54 Å². The Labute approximate surface area is 223 Å². The van der Waals surface area contributed by atoms with Gasteiger partial charge in [0.2, 0.25) is 11.8 Å². The number of phenols is 1. The van der Waals surface area contributed by atoms with Crippen LogP contribution in [0.3, 0.4) is 0 Å². The Hall–Kier alpha value is -2.77. The maximum atomic E-state index is 14.2. The summed E-state index contributed by atoms with van der Waals surface area (Å²) in [5.41, 5.74) is -0.937. The lowest BCUT2D eigenvalue weighted by atomic mass is 9.94. The van der Waals surface area contributed by atoms with E-state index in [1.54, 1.807) is 39.0 Å². The van der Waals surface area contributed by atoms with Gasteiger partial charge in [-0.15, -0.1) is 0 Å². The van der Waals surface area contributed by atoms with E-state index >= 15 is 0 Å². The first-order valence-corrected chi connectivity index (χ1v) is 13.5. The summed E-state index contributed by atoms with van der Waals surface area (Å²) >= 11 is 0. The van der Waals surface area contributed by atoms with Crippen molar-refractivity contribution in [1.82, 2.24) is 15.5 Å². The number of para-hydroxylation sites is 1. The third-order valence-electron chi connectivity index (χ3n) is 5.98. The Morgan fingerprint density at radius 1 is 1.00 bits per heavy atom. The van der Waals surface area contributed by atoms with Gasteiger partial charge in [-0.25, -0.2) is 4.79 Å².